The smallest absolute Gasteiger partial charge is 0.357 e. The largest absolute Gasteiger partial charge is 0.367 e. The van der Waals surface area contributed by atoms with Gasteiger partial charge in [-0.3, -0.25) is 0 Å². The Labute approximate surface area is 77.7 Å². The number of hydrogen-bond donors (Lipinski definition) is 1. The molecule has 0 fully saturated rings. The van der Waals surface area contributed by atoms with Crippen LogP contribution in [0, 0.1) is 0 Å². The molecule has 1 N–H and O–H groups in total. The number of carbonyl (C=O) groups excluding carboxylic acids is 1. The summed E-state index contributed by atoms with van der Waals surface area (Å²) in [5, 5.41) is 0. The average molecular weight is 179 g/mol. The highest BCUT2D eigenvalue weighted by molar-refractivity contribution is 5.90. The third-order valence-electron chi connectivity index (χ3n) is 1.81. The zero-order chi connectivity index (χ0) is 9.68. The Balaban J connectivity index is 2.92. The second-order valence-electron chi connectivity index (χ2n) is 2.60. The van der Waals surface area contributed by atoms with E-state index in [1.165, 1.54) is 0 Å². The van der Waals surface area contributed by atoms with E-state index in [4.69, 9.17) is 0 Å². The first-order chi connectivity index (χ1) is 6.29. The van der Waals surface area contributed by atoms with Gasteiger partial charge in [0.05, 0.1) is 5.56 Å². The van der Waals surface area contributed by atoms with Crippen molar-refractivity contribution in [3.05, 3.63) is 35.4 Å². The van der Waals surface area contributed by atoms with Gasteiger partial charge in [0, 0.05) is 7.05 Å². The first-order valence-corrected chi connectivity index (χ1v) is 4.25. The van der Waals surface area contributed by atoms with Crippen molar-refractivity contribution in [2.24, 2.45) is 0 Å². The number of benzene rings is 1. The molecule has 0 saturated heterocycles. The fourth-order valence-electron chi connectivity index (χ4n) is 1.18. The van der Waals surface area contributed by atoms with E-state index in [9.17, 15) is 4.79 Å². The van der Waals surface area contributed by atoms with Crippen molar-refractivity contribution >= 4 is 5.97 Å². The molecule has 0 aromatic heterocycles. The van der Waals surface area contributed by atoms with Gasteiger partial charge in [0.1, 0.15) is 0 Å². The van der Waals surface area contributed by atoms with Gasteiger partial charge < -0.3 is 4.84 Å². The van der Waals surface area contributed by atoms with E-state index >= 15 is 0 Å². The number of aryl methyl sites for hydroxylation is 1. The molecule has 0 aliphatic rings. The Bertz CT molecular complexity index is 297. The third kappa shape index (κ3) is 2.29. The summed E-state index contributed by atoms with van der Waals surface area (Å²) in [6.07, 6.45) is 0.828. The molecule has 0 amide bonds. The minimum atomic E-state index is -0.333. The monoisotopic (exact) mass is 179 g/mol. The van der Waals surface area contributed by atoms with Crippen LogP contribution in [0.1, 0.15) is 22.8 Å². The minimum absolute atomic E-state index is 0.333. The van der Waals surface area contributed by atoms with E-state index in [2.05, 4.69) is 10.3 Å². The normalized spacial score (nSPS) is 9.69. The molecule has 0 heterocycles. The van der Waals surface area contributed by atoms with Crippen LogP contribution in [0.5, 0.6) is 0 Å². The summed E-state index contributed by atoms with van der Waals surface area (Å²) in [6.45, 7) is 2.01. The molecular formula is C10H13NO2. The second-order valence-corrected chi connectivity index (χ2v) is 2.60. The quantitative estimate of drug-likeness (QED) is 0.715. The van der Waals surface area contributed by atoms with Gasteiger partial charge in [-0.2, -0.15) is 5.48 Å². The van der Waals surface area contributed by atoms with Crippen LogP contribution in [0.4, 0.5) is 0 Å². The van der Waals surface area contributed by atoms with Gasteiger partial charge in [-0.15, -0.1) is 0 Å². The number of hydrogen-bond acceptors (Lipinski definition) is 3. The molecule has 3 nitrogen and oxygen atoms in total. The fourth-order valence-corrected chi connectivity index (χ4v) is 1.18. The van der Waals surface area contributed by atoms with E-state index in [1.807, 2.05) is 25.1 Å². The zero-order valence-electron chi connectivity index (χ0n) is 7.83. The molecule has 1 aromatic carbocycles. The third-order valence-corrected chi connectivity index (χ3v) is 1.81. The maximum absolute atomic E-state index is 11.3. The molecule has 0 atom stereocenters. The Morgan fingerprint density at radius 2 is 2.15 bits per heavy atom. The highest BCUT2D eigenvalue weighted by atomic mass is 16.7. The van der Waals surface area contributed by atoms with Crippen LogP contribution in [0.2, 0.25) is 0 Å². The molecule has 1 aromatic rings. The highest BCUT2D eigenvalue weighted by Crippen LogP contribution is 2.09. The van der Waals surface area contributed by atoms with Crippen LogP contribution in [0.15, 0.2) is 24.3 Å². The number of hydroxylamine groups is 1. The summed E-state index contributed by atoms with van der Waals surface area (Å²) in [5.41, 5.74) is 3.99. The van der Waals surface area contributed by atoms with Crippen molar-refractivity contribution in [3.63, 3.8) is 0 Å². The van der Waals surface area contributed by atoms with Crippen LogP contribution in [-0.2, 0) is 11.3 Å². The molecule has 13 heavy (non-hydrogen) atoms. The number of carbonyl (C=O) groups is 1. The van der Waals surface area contributed by atoms with Crippen molar-refractivity contribution in [2.45, 2.75) is 13.3 Å². The van der Waals surface area contributed by atoms with Gasteiger partial charge in [-0.1, -0.05) is 25.1 Å². The van der Waals surface area contributed by atoms with Crippen molar-refractivity contribution < 1.29 is 9.63 Å². The first kappa shape index (κ1) is 9.74. The summed E-state index contributed by atoms with van der Waals surface area (Å²) in [5.74, 6) is -0.333. The van der Waals surface area contributed by atoms with Crippen molar-refractivity contribution in [1.29, 1.82) is 0 Å². The Hall–Kier alpha value is -1.35. The topological polar surface area (TPSA) is 38.3 Å². The second kappa shape index (κ2) is 4.62. The maximum atomic E-state index is 11.3. The van der Waals surface area contributed by atoms with E-state index in [0.717, 1.165) is 12.0 Å². The van der Waals surface area contributed by atoms with Gasteiger partial charge >= 0.3 is 5.97 Å². The van der Waals surface area contributed by atoms with E-state index in [1.54, 1.807) is 13.1 Å². The standard InChI is InChI=1S/C10H13NO2/c1-3-8-6-4-5-7-9(8)10(12)13-11-2/h4-7,11H,3H2,1-2H3. The van der Waals surface area contributed by atoms with Gasteiger partial charge in [-0.05, 0) is 18.1 Å². The SMILES string of the molecule is CCc1ccccc1C(=O)ONC. The van der Waals surface area contributed by atoms with Crippen LogP contribution >= 0.6 is 0 Å². The van der Waals surface area contributed by atoms with Gasteiger partial charge in [0.15, 0.2) is 0 Å². The lowest BCUT2D eigenvalue weighted by molar-refractivity contribution is 0.0308. The summed E-state index contributed by atoms with van der Waals surface area (Å²) in [7, 11) is 1.56. The molecule has 0 unspecified atom stereocenters. The summed E-state index contributed by atoms with van der Waals surface area (Å²) >= 11 is 0. The van der Waals surface area contributed by atoms with E-state index in [0.29, 0.717) is 5.56 Å². The van der Waals surface area contributed by atoms with Gasteiger partial charge in [0.2, 0.25) is 0 Å². The minimum Gasteiger partial charge on any atom is -0.367 e. The predicted molar refractivity (Wildman–Crippen MR) is 50.3 cm³/mol. The Morgan fingerprint density at radius 3 is 2.77 bits per heavy atom. The maximum Gasteiger partial charge on any atom is 0.357 e. The van der Waals surface area contributed by atoms with Crippen molar-refractivity contribution in [3.8, 4) is 0 Å². The van der Waals surface area contributed by atoms with Crippen molar-refractivity contribution in [2.75, 3.05) is 7.05 Å². The fraction of sp³-hybridized carbons (Fsp3) is 0.300. The number of rotatable bonds is 3. The van der Waals surface area contributed by atoms with Crippen molar-refractivity contribution in [1.82, 2.24) is 5.48 Å². The molecular weight excluding hydrogens is 166 g/mol. The van der Waals surface area contributed by atoms with Gasteiger partial charge in [-0.25, -0.2) is 4.79 Å². The molecule has 0 aliphatic heterocycles. The molecule has 70 valence electrons. The van der Waals surface area contributed by atoms with Crippen LogP contribution in [0.3, 0.4) is 0 Å². The average Bonchev–Trinajstić information content (AvgIpc) is 2.18. The Morgan fingerprint density at radius 1 is 1.46 bits per heavy atom. The number of nitrogens with one attached hydrogen (secondary N) is 1. The molecule has 0 bridgehead atoms. The first-order valence-electron chi connectivity index (χ1n) is 4.25. The lowest BCUT2D eigenvalue weighted by Crippen LogP contribution is -2.16. The molecule has 0 spiro atoms. The van der Waals surface area contributed by atoms with E-state index in [-0.39, 0.29) is 5.97 Å². The molecule has 1 rings (SSSR count). The lowest BCUT2D eigenvalue weighted by Gasteiger charge is -2.05. The lowest BCUT2D eigenvalue weighted by atomic mass is 10.1. The molecule has 0 saturated carbocycles. The molecule has 0 aliphatic carbocycles. The summed E-state index contributed by atoms with van der Waals surface area (Å²) in [6, 6.07) is 7.42. The summed E-state index contributed by atoms with van der Waals surface area (Å²) < 4.78 is 0. The van der Waals surface area contributed by atoms with Crippen LogP contribution in [0.25, 0.3) is 0 Å². The predicted octanol–water partition coefficient (Wildman–Crippen LogP) is 1.54. The van der Waals surface area contributed by atoms with Gasteiger partial charge in [0.25, 0.3) is 0 Å². The van der Waals surface area contributed by atoms with Crippen LogP contribution in [-0.4, -0.2) is 13.0 Å². The van der Waals surface area contributed by atoms with Crippen LogP contribution < -0.4 is 5.48 Å². The molecule has 3 heteroatoms. The molecule has 0 radical (unpaired) electrons. The highest BCUT2D eigenvalue weighted by Gasteiger charge is 2.09. The Kier molecular flexibility index (Phi) is 3.46. The zero-order valence-corrected chi connectivity index (χ0v) is 7.83. The van der Waals surface area contributed by atoms with E-state index < -0.39 is 0 Å². The summed E-state index contributed by atoms with van der Waals surface area (Å²) in [4.78, 5) is 16.0.